The predicted molar refractivity (Wildman–Crippen MR) is 91.6 cm³/mol. The molecule has 1 saturated heterocycles. The van der Waals surface area contributed by atoms with Gasteiger partial charge in [0.05, 0.1) is 17.4 Å². The molecule has 0 bridgehead atoms. The van der Waals surface area contributed by atoms with Crippen LogP contribution in [0.1, 0.15) is 34.1 Å². The molecule has 2 aliphatic carbocycles. The zero-order chi connectivity index (χ0) is 18.5. The number of hydrogen-bond donors (Lipinski definition) is 0. The van der Waals surface area contributed by atoms with Gasteiger partial charge in [0.15, 0.2) is 11.6 Å². The molecule has 25 heavy (non-hydrogen) atoms. The third-order valence-electron chi connectivity index (χ3n) is 6.35. The first-order valence-corrected chi connectivity index (χ1v) is 8.91. The number of esters is 1. The van der Waals surface area contributed by atoms with Crippen LogP contribution in [-0.4, -0.2) is 36.4 Å². The van der Waals surface area contributed by atoms with Gasteiger partial charge in [-0.25, -0.2) is 0 Å². The Hall–Kier alpha value is -1.75. The standard InChI is InChI=1S/C20H26O5/c1-10(2)14(21)9-24-18-17-12(4)19(23)25-15(17)8-11(3)13-6-7-16(22)20(13,18)5/h6-7,11-13,15,17-18H,1,8-9H2,2-5H3/t11-,12+,13+,15-,17-,18+,20+/m1/s1. The lowest BCUT2D eigenvalue weighted by atomic mass is 9.66. The van der Waals surface area contributed by atoms with Crippen LogP contribution in [0.3, 0.4) is 0 Å². The molecule has 3 aliphatic rings. The number of fused-ring (bicyclic) bond motifs is 2. The number of carbonyl (C=O) groups is 3. The van der Waals surface area contributed by atoms with Crippen LogP contribution in [0.15, 0.2) is 24.3 Å². The number of ketones is 2. The van der Waals surface area contributed by atoms with Crippen molar-refractivity contribution in [2.75, 3.05) is 6.61 Å². The minimum absolute atomic E-state index is 0.00400. The number of Topliss-reactive ketones (excluding diaryl/α,β-unsaturated/α-hetero) is 1. The molecule has 0 N–H and O–H groups in total. The smallest absolute Gasteiger partial charge is 0.309 e. The molecule has 5 nitrogen and oxygen atoms in total. The van der Waals surface area contributed by atoms with E-state index in [-0.39, 0.29) is 53.9 Å². The Morgan fingerprint density at radius 3 is 2.72 bits per heavy atom. The molecular formula is C20H26O5. The van der Waals surface area contributed by atoms with Crippen molar-refractivity contribution < 1.29 is 23.9 Å². The molecule has 7 atom stereocenters. The van der Waals surface area contributed by atoms with Crippen LogP contribution < -0.4 is 0 Å². The molecule has 1 heterocycles. The summed E-state index contributed by atoms with van der Waals surface area (Å²) in [6, 6.07) is 0. The summed E-state index contributed by atoms with van der Waals surface area (Å²) in [5.74, 6) is -0.819. The van der Waals surface area contributed by atoms with Crippen molar-refractivity contribution >= 4 is 17.5 Å². The minimum Gasteiger partial charge on any atom is -0.462 e. The Labute approximate surface area is 148 Å². The second kappa shape index (κ2) is 6.20. The van der Waals surface area contributed by atoms with E-state index in [2.05, 4.69) is 13.5 Å². The largest absolute Gasteiger partial charge is 0.462 e. The van der Waals surface area contributed by atoms with Crippen LogP contribution in [0, 0.1) is 29.1 Å². The van der Waals surface area contributed by atoms with Gasteiger partial charge in [0.25, 0.3) is 0 Å². The maximum absolute atomic E-state index is 12.8. The van der Waals surface area contributed by atoms with Crippen molar-refractivity contribution in [2.24, 2.45) is 29.1 Å². The van der Waals surface area contributed by atoms with Gasteiger partial charge >= 0.3 is 5.97 Å². The highest BCUT2D eigenvalue weighted by molar-refractivity contribution is 5.98. The van der Waals surface area contributed by atoms with Crippen molar-refractivity contribution in [1.82, 2.24) is 0 Å². The molecule has 2 fully saturated rings. The van der Waals surface area contributed by atoms with Gasteiger partial charge < -0.3 is 9.47 Å². The summed E-state index contributed by atoms with van der Waals surface area (Å²) in [5.41, 5.74) is -0.362. The molecule has 1 saturated carbocycles. The summed E-state index contributed by atoms with van der Waals surface area (Å²) in [4.78, 5) is 37.0. The number of rotatable bonds is 4. The first-order valence-electron chi connectivity index (χ1n) is 8.91. The lowest BCUT2D eigenvalue weighted by Crippen LogP contribution is -2.50. The van der Waals surface area contributed by atoms with Crippen molar-refractivity contribution in [2.45, 2.75) is 46.3 Å². The van der Waals surface area contributed by atoms with Gasteiger partial charge in [0, 0.05) is 5.92 Å². The van der Waals surface area contributed by atoms with Crippen LogP contribution in [-0.2, 0) is 23.9 Å². The Morgan fingerprint density at radius 2 is 2.08 bits per heavy atom. The van der Waals surface area contributed by atoms with E-state index in [4.69, 9.17) is 9.47 Å². The molecule has 5 heteroatoms. The maximum atomic E-state index is 12.8. The second-order valence-corrected chi connectivity index (χ2v) is 8.02. The van der Waals surface area contributed by atoms with Gasteiger partial charge in [-0.15, -0.1) is 0 Å². The average Bonchev–Trinajstić information content (AvgIpc) is 2.95. The SMILES string of the molecule is C=C(C)C(=O)CO[C@H]1[C@@H]2[C@H](C)C(=O)O[C@@H]2C[C@@H](C)[C@@H]2C=CC(=O)[C@]21C. The van der Waals surface area contributed by atoms with E-state index in [0.717, 1.165) is 0 Å². The molecule has 136 valence electrons. The molecule has 1 aliphatic heterocycles. The third kappa shape index (κ3) is 2.69. The minimum atomic E-state index is -0.781. The fourth-order valence-electron chi connectivity index (χ4n) is 4.81. The molecular weight excluding hydrogens is 320 g/mol. The zero-order valence-electron chi connectivity index (χ0n) is 15.3. The Bertz CT molecular complexity index is 663. The molecule has 0 amide bonds. The maximum Gasteiger partial charge on any atom is 0.309 e. The molecule has 0 unspecified atom stereocenters. The quantitative estimate of drug-likeness (QED) is 0.578. The van der Waals surface area contributed by atoms with E-state index >= 15 is 0 Å². The first-order chi connectivity index (χ1) is 11.7. The normalized spacial score (nSPS) is 42.6. The van der Waals surface area contributed by atoms with E-state index in [9.17, 15) is 14.4 Å². The fourth-order valence-corrected chi connectivity index (χ4v) is 4.81. The molecule has 3 rings (SSSR count). The van der Waals surface area contributed by atoms with E-state index in [1.165, 1.54) is 0 Å². The van der Waals surface area contributed by atoms with Gasteiger partial charge in [-0.2, -0.15) is 0 Å². The van der Waals surface area contributed by atoms with Crippen molar-refractivity contribution in [3.8, 4) is 0 Å². The van der Waals surface area contributed by atoms with Gasteiger partial charge in [-0.3, -0.25) is 14.4 Å². The first kappa shape index (κ1) is 18.1. The molecule has 0 radical (unpaired) electrons. The zero-order valence-corrected chi connectivity index (χ0v) is 15.3. The van der Waals surface area contributed by atoms with Crippen LogP contribution in [0.25, 0.3) is 0 Å². The van der Waals surface area contributed by atoms with Gasteiger partial charge in [-0.05, 0) is 43.8 Å². The topological polar surface area (TPSA) is 69.7 Å². The summed E-state index contributed by atoms with van der Waals surface area (Å²) in [6.45, 7) is 11.0. The summed E-state index contributed by atoms with van der Waals surface area (Å²) >= 11 is 0. The highest BCUT2D eigenvalue weighted by Crippen LogP contribution is 2.54. The highest BCUT2D eigenvalue weighted by Gasteiger charge is 2.61. The Morgan fingerprint density at radius 1 is 1.40 bits per heavy atom. The summed E-state index contributed by atoms with van der Waals surface area (Å²) in [6.07, 6.45) is 3.47. The predicted octanol–water partition coefficient (Wildman–Crippen LogP) is 2.50. The summed E-state index contributed by atoms with van der Waals surface area (Å²) in [7, 11) is 0. The number of carbonyl (C=O) groups excluding carboxylic acids is 3. The van der Waals surface area contributed by atoms with Crippen molar-refractivity contribution in [3.05, 3.63) is 24.3 Å². The monoisotopic (exact) mass is 346 g/mol. The molecule has 0 aromatic heterocycles. The van der Waals surface area contributed by atoms with Crippen molar-refractivity contribution in [3.63, 3.8) is 0 Å². The summed E-state index contributed by atoms with van der Waals surface area (Å²) in [5, 5.41) is 0. The second-order valence-electron chi connectivity index (χ2n) is 8.02. The van der Waals surface area contributed by atoms with E-state index in [1.807, 2.05) is 19.9 Å². The van der Waals surface area contributed by atoms with E-state index in [1.54, 1.807) is 13.0 Å². The van der Waals surface area contributed by atoms with Gasteiger partial charge in [-0.1, -0.05) is 26.5 Å². The fraction of sp³-hybridized carbons (Fsp3) is 0.650. The van der Waals surface area contributed by atoms with Crippen molar-refractivity contribution in [1.29, 1.82) is 0 Å². The molecule has 0 aromatic rings. The van der Waals surface area contributed by atoms with Crippen LogP contribution in [0.5, 0.6) is 0 Å². The Kier molecular flexibility index (Phi) is 4.48. The number of allylic oxidation sites excluding steroid dienone is 2. The lowest BCUT2D eigenvalue weighted by Gasteiger charge is -2.40. The molecule has 0 spiro atoms. The number of hydrogen-bond acceptors (Lipinski definition) is 5. The third-order valence-corrected chi connectivity index (χ3v) is 6.35. The van der Waals surface area contributed by atoms with Crippen LogP contribution in [0.4, 0.5) is 0 Å². The number of ether oxygens (including phenoxy) is 2. The highest BCUT2D eigenvalue weighted by atomic mass is 16.6. The van der Waals surface area contributed by atoms with Crippen LogP contribution in [0.2, 0.25) is 0 Å². The van der Waals surface area contributed by atoms with Gasteiger partial charge in [0.1, 0.15) is 12.7 Å². The lowest BCUT2D eigenvalue weighted by molar-refractivity contribution is -0.147. The van der Waals surface area contributed by atoms with E-state index < -0.39 is 11.5 Å². The average molecular weight is 346 g/mol. The van der Waals surface area contributed by atoms with Gasteiger partial charge in [0.2, 0.25) is 0 Å². The Balaban J connectivity index is 2.00. The van der Waals surface area contributed by atoms with Crippen LogP contribution >= 0.6 is 0 Å². The summed E-state index contributed by atoms with van der Waals surface area (Å²) < 4.78 is 11.7. The van der Waals surface area contributed by atoms with E-state index in [0.29, 0.717) is 12.0 Å². The molecule has 0 aromatic carbocycles.